The Balaban J connectivity index is 2.26. The molecule has 116 valence electrons. The van der Waals surface area contributed by atoms with E-state index in [0.717, 1.165) is 27.6 Å². The van der Waals surface area contributed by atoms with E-state index in [9.17, 15) is 4.79 Å². The van der Waals surface area contributed by atoms with Crippen molar-refractivity contribution in [3.05, 3.63) is 46.8 Å². The van der Waals surface area contributed by atoms with E-state index in [4.69, 9.17) is 4.74 Å². The highest BCUT2D eigenvalue weighted by atomic mass is 32.2. The Morgan fingerprint density at radius 2 is 2.09 bits per heavy atom. The predicted molar refractivity (Wildman–Crippen MR) is 90.8 cm³/mol. The van der Waals surface area contributed by atoms with Crippen LogP contribution in [-0.4, -0.2) is 28.9 Å². The van der Waals surface area contributed by atoms with Gasteiger partial charge in [-0.3, -0.25) is 9.48 Å². The standard InChI is InChI=1S/C17H20N2O2S/c1-11-17(12(2)19(3)18-11)14(20)8-6-13-7-9-16(22-5)15(10-13)21-4/h6-10H,1-5H3. The van der Waals surface area contributed by atoms with Crippen LogP contribution in [0.2, 0.25) is 0 Å². The van der Waals surface area contributed by atoms with Gasteiger partial charge in [-0.25, -0.2) is 0 Å². The van der Waals surface area contributed by atoms with Gasteiger partial charge in [0.05, 0.1) is 18.4 Å². The zero-order chi connectivity index (χ0) is 16.3. The Kier molecular flexibility index (Phi) is 5.08. The molecule has 2 aromatic rings. The molecule has 4 nitrogen and oxygen atoms in total. The Morgan fingerprint density at radius 3 is 2.64 bits per heavy atom. The monoisotopic (exact) mass is 316 g/mol. The maximum Gasteiger partial charge on any atom is 0.189 e. The topological polar surface area (TPSA) is 44.1 Å². The number of rotatable bonds is 5. The van der Waals surface area contributed by atoms with Crippen LogP contribution >= 0.6 is 11.8 Å². The molecular formula is C17H20N2O2S. The minimum atomic E-state index is -0.0315. The summed E-state index contributed by atoms with van der Waals surface area (Å²) in [6.45, 7) is 3.75. The largest absolute Gasteiger partial charge is 0.496 e. The molecule has 2 rings (SSSR count). The van der Waals surface area contributed by atoms with Crippen molar-refractivity contribution in [1.29, 1.82) is 0 Å². The molecule has 0 fully saturated rings. The summed E-state index contributed by atoms with van der Waals surface area (Å²) >= 11 is 1.63. The Bertz CT molecular complexity index is 733. The number of carbonyl (C=O) groups excluding carboxylic acids is 1. The van der Waals surface area contributed by atoms with Crippen LogP contribution in [0.4, 0.5) is 0 Å². The number of hydrogen-bond donors (Lipinski definition) is 0. The van der Waals surface area contributed by atoms with Crippen LogP contribution in [0, 0.1) is 13.8 Å². The van der Waals surface area contributed by atoms with E-state index >= 15 is 0 Å². The maximum atomic E-state index is 12.4. The molecule has 0 N–H and O–H groups in total. The molecule has 0 amide bonds. The minimum absolute atomic E-state index is 0.0315. The van der Waals surface area contributed by atoms with E-state index < -0.39 is 0 Å². The van der Waals surface area contributed by atoms with Gasteiger partial charge in [-0.05, 0) is 43.9 Å². The molecule has 5 heteroatoms. The van der Waals surface area contributed by atoms with Crippen LogP contribution in [0.15, 0.2) is 29.2 Å². The lowest BCUT2D eigenvalue weighted by atomic mass is 10.1. The van der Waals surface area contributed by atoms with Gasteiger partial charge in [0.1, 0.15) is 5.75 Å². The van der Waals surface area contributed by atoms with Crippen molar-refractivity contribution in [2.45, 2.75) is 18.7 Å². The highest BCUT2D eigenvalue weighted by molar-refractivity contribution is 7.98. The number of thioether (sulfide) groups is 1. The first-order chi connectivity index (χ1) is 10.5. The van der Waals surface area contributed by atoms with Gasteiger partial charge in [-0.1, -0.05) is 12.1 Å². The fraction of sp³-hybridized carbons (Fsp3) is 0.294. The first-order valence-corrected chi connectivity index (χ1v) is 8.15. The fourth-order valence-corrected chi connectivity index (χ4v) is 2.89. The lowest BCUT2D eigenvalue weighted by Crippen LogP contribution is -1.99. The average molecular weight is 316 g/mol. The third-order valence-electron chi connectivity index (χ3n) is 3.59. The van der Waals surface area contributed by atoms with Crippen molar-refractivity contribution in [1.82, 2.24) is 9.78 Å². The van der Waals surface area contributed by atoms with E-state index in [2.05, 4.69) is 5.10 Å². The number of allylic oxidation sites excluding steroid dienone is 1. The summed E-state index contributed by atoms with van der Waals surface area (Å²) in [4.78, 5) is 13.4. The average Bonchev–Trinajstić information content (AvgIpc) is 2.77. The number of aryl methyl sites for hydroxylation is 2. The van der Waals surface area contributed by atoms with Crippen LogP contribution in [0.5, 0.6) is 5.75 Å². The molecule has 0 aliphatic heterocycles. The second-order valence-corrected chi connectivity index (χ2v) is 5.83. The smallest absolute Gasteiger partial charge is 0.189 e. The fourth-order valence-electron chi connectivity index (χ4n) is 2.34. The van der Waals surface area contributed by atoms with Gasteiger partial charge in [0.2, 0.25) is 0 Å². The van der Waals surface area contributed by atoms with Crippen LogP contribution in [-0.2, 0) is 7.05 Å². The molecule has 22 heavy (non-hydrogen) atoms. The van der Waals surface area contributed by atoms with Crippen LogP contribution in [0.25, 0.3) is 6.08 Å². The molecule has 0 radical (unpaired) electrons. The van der Waals surface area contributed by atoms with Crippen LogP contribution in [0.1, 0.15) is 27.3 Å². The number of nitrogens with zero attached hydrogens (tertiary/aromatic N) is 2. The molecule has 1 aromatic carbocycles. The van der Waals surface area contributed by atoms with E-state index in [1.807, 2.05) is 45.4 Å². The van der Waals surface area contributed by atoms with Gasteiger partial charge in [0, 0.05) is 17.6 Å². The van der Waals surface area contributed by atoms with Crippen molar-refractivity contribution in [2.24, 2.45) is 7.05 Å². The summed E-state index contributed by atoms with van der Waals surface area (Å²) in [6.07, 6.45) is 5.40. The van der Waals surface area contributed by atoms with Crippen molar-refractivity contribution in [2.75, 3.05) is 13.4 Å². The van der Waals surface area contributed by atoms with Gasteiger partial charge in [-0.2, -0.15) is 5.10 Å². The Hall–Kier alpha value is -2.01. The van der Waals surface area contributed by atoms with E-state index in [0.29, 0.717) is 5.56 Å². The molecule has 0 saturated heterocycles. The summed E-state index contributed by atoms with van der Waals surface area (Å²) in [6, 6.07) is 5.90. The van der Waals surface area contributed by atoms with E-state index in [1.54, 1.807) is 35.7 Å². The highest BCUT2D eigenvalue weighted by Gasteiger charge is 2.14. The SMILES string of the molecule is COc1cc(C=CC(=O)c2c(C)nn(C)c2C)ccc1SC. The number of benzene rings is 1. The quantitative estimate of drug-likeness (QED) is 0.480. The Morgan fingerprint density at radius 1 is 1.36 bits per heavy atom. The van der Waals surface area contributed by atoms with Crippen molar-refractivity contribution in [3.63, 3.8) is 0 Å². The third kappa shape index (κ3) is 3.25. The summed E-state index contributed by atoms with van der Waals surface area (Å²) in [5.74, 6) is 0.784. The van der Waals surface area contributed by atoms with Gasteiger partial charge in [0.25, 0.3) is 0 Å². The molecule has 0 unspecified atom stereocenters. The number of carbonyl (C=O) groups is 1. The van der Waals surface area contributed by atoms with Crippen LogP contribution < -0.4 is 4.74 Å². The second-order valence-electron chi connectivity index (χ2n) is 4.98. The first-order valence-electron chi connectivity index (χ1n) is 6.92. The minimum Gasteiger partial charge on any atom is -0.496 e. The van der Waals surface area contributed by atoms with E-state index in [1.165, 1.54) is 0 Å². The summed E-state index contributed by atoms with van der Waals surface area (Å²) < 4.78 is 7.09. The van der Waals surface area contributed by atoms with Gasteiger partial charge < -0.3 is 4.74 Å². The molecule has 0 aliphatic carbocycles. The van der Waals surface area contributed by atoms with E-state index in [-0.39, 0.29) is 5.78 Å². The zero-order valence-electron chi connectivity index (χ0n) is 13.5. The van der Waals surface area contributed by atoms with Gasteiger partial charge in [0.15, 0.2) is 5.78 Å². The summed E-state index contributed by atoms with van der Waals surface area (Å²) in [7, 11) is 3.49. The summed E-state index contributed by atoms with van der Waals surface area (Å²) in [5, 5.41) is 4.28. The van der Waals surface area contributed by atoms with Crippen molar-refractivity contribution < 1.29 is 9.53 Å². The molecule has 0 atom stereocenters. The Labute approximate surface area is 135 Å². The van der Waals surface area contributed by atoms with Gasteiger partial charge >= 0.3 is 0 Å². The number of hydrogen-bond acceptors (Lipinski definition) is 4. The molecule has 1 heterocycles. The molecule has 1 aromatic heterocycles. The molecule has 0 bridgehead atoms. The molecular weight excluding hydrogens is 296 g/mol. The number of methoxy groups -OCH3 is 1. The lowest BCUT2D eigenvalue weighted by molar-refractivity contribution is 0.104. The number of ketones is 1. The van der Waals surface area contributed by atoms with Crippen molar-refractivity contribution in [3.8, 4) is 5.75 Å². The molecule has 0 aliphatic rings. The third-order valence-corrected chi connectivity index (χ3v) is 4.37. The number of ether oxygens (including phenoxy) is 1. The summed E-state index contributed by atoms with van der Waals surface area (Å²) in [5.41, 5.74) is 3.24. The van der Waals surface area contributed by atoms with Crippen molar-refractivity contribution >= 4 is 23.6 Å². The first kappa shape index (κ1) is 16.4. The highest BCUT2D eigenvalue weighted by Crippen LogP contribution is 2.28. The number of aromatic nitrogens is 2. The van der Waals surface area contributed by atoms with Crippen LogP contribution in [0.3, 0.4) is 0 Å². The molecule has 0 spiro atoms. The van der Waals surface area contributed by atoms with Gasteiger partial charge in [-0.15, -0.1) is 11.8 Å². The second kappa shape index (κ2) is 6.83. The zero-order valence-corrected chi connectivity index (χ0v) is 14.3. The molecule has 0 saturated carbocycles. The predicted octanol–water partition coefficient (Wildman–Crippen LogP) is 3.66. The maximum absolute atomic E-state index is 12.4. The lowest BCUT2D eigenvalue weighted by Gasteiger charge is -2.06. The normalized spacial score (nSPS) is 11.1.